The largest absolute Gasteiger partial charge is 0.364 e. The van der Waals surface area contributed by atoms with Crippen LogP contribution in [-0.4, -0.2) is 19.4 Å². The van der Waals surface area contributed by atoms with Gasteiger partial charge in [0.2, 0.25) is 0 Å². The predicted molar refractivity (Wildman–Crippen MR) is 69.2 cm³/mol. The van der Waals surface area contributed by atoms with Crippen molar-refractivity contribution in [3.05, 3.63) is 54.6 Å². The minimum atomic E-state index is 0.704. The van der Waals surface area contributed by atoms with Crippen molar-refractivity contribution in [1.29, 1.82) is 0 Å². The second-order valence-corrected chi connectivity index (χ2v) is 3.66. The number of benzene rings is 1. The van der Waals surface area contributed by atoms with Crippen molar-refractivity contribution in [2.75, 3.05) is 18.0 Å². The van der Waals surface area contributed by atoms with Gasteiger partial charge in [-0.05, 0) is 19.1 Å². The van der Waals surface area contributed by atoms with Crippen LogP contribution in [-0.2, 0) is 0 Å². The fraction of sp³-hybridized carbons (Fsp3) is 0.214. The van der Waals surface area contributed by atoms with E-state index in [1.165, 1.54) is 0 Å². The lowest BCUT2D eigenvalue weighted by molar-refractivity contribution is 0.112. The molecule has 0 bridgehead atoms. The van der Waals surface area contributed by atoms with Gasteiger partial charge in [-0.3, -0.25) is 4.79 Å². The van der Waals surface area contributed by atoms with Crippen LogP contribution in [0.4, 0.5) is 5.69 Å². The van der Waals surface area contributed by atoms with Gasteiger partial charge < -0.3 is 4.90 Å². The molecule has 84 valence electrons. The molecule has 1 aromatic rings. The summed E-state index contributed by atoms with van der Waals surface area (Å²) in [7, 11) is 0. The number of rotatable bonds is 6. The Morgan fingerprint density at radius 1 is 1.25 bits per heavy atom. The minimum Gasteiger partial charge on any atom is -0.364 e. The maximum absolute atomic E-state index is 11.0. The zero-order valence-electron chi connectivity index (χ0n) is 9.65. The van der Waals surface area contributed by atoms with Crippen LogP contribution in [0.1, 0.15) is 15.9 Å². The summed E-state index contributed by atoms with van der Waals surface area (Å²) in [6, 6.07) is 5.86. The summed E-state index contributed by atoms with van der Waals surface area (Å²) in [5.41, 5.74) is 2.73. The highest BCUT2D eigenvalue weighted by Crippen LogP contribution is 2.20. The summed E-state index contributed by atoms with van der Waals surface area (Å²) in [6.07, 6.45) is 4.53. The number of anilines is 1. The smallest absolute Gasteiger partial charge is 0.152 e. The Bertz CT molecular complexity index is 386. The number of aryl methyl sites for hydroxylation is 1. The molecule has 0 N–H and O–H groups in total. The third-order valence-corrected chi connectivity index (χ3v) is 2.35. The highest BCUT2D eigenvalue weighted by atomic mass is 16.1. The van der Waals surface area contributed by atoms with Gasteiger partial charge in [-0.1, -0.05) is 23.8 Å². The summed E-state index contributed by atoms with van der Waals surface area (Å²) in [5, 5.41) is 0. The van der Waals surface area contributed by atoms with Gasteiger partial charge in [0.05, 0.1) is 0 Å². The predicted octanol–water partition coefficient (Wildman–Crippen LogP) is 2.99. The van der Waals surface area contributed by atoms with E-state index in [1.54, 1.807) is 0 Å². The number of nitrogens with zero attached hydrogens (tertiary/aromatic N) is 1. The second kappa shape index (κ2) is 5.91. The molecule has 2 nitrogen and oxygen atoms in total. The number of aldehydes is 1. The summed E-state index contributed by atoms with van der Waals surface area (Å²) in [6.45, 7) is 10.8. The van der Waals surface area contributed by atoms with Gasteiger partial charge in [0.25, 0.3) is 0 Å². The van der Waals surface area contributed by atoms with Gasteiger partial charge in [-0.25, -0.2) is 0 Å². The van der Waals surface area contributed by atoms with E-state index in [-0.39, 0.29) is 0 Å². The molecular weight excluding hydrogens is 198 g/mol. The molecule has 0 amide bonds. The van der Waals surface area contributed by atoms with E-state index in [0.29, 0.717) is 18.7 Å². The van der Waals surface area contributed by atoms with Crippen LogP contribution in [0.15, 0.2) is 43.5 Å². The molecule has 0 atom stereocenters. The van der Waals surface area contributed by atoms with Crippen LogP contribution in [0, 0.1) is 6.92 Å². The Morgan fingerprint density at radius 2 is 1.88 bits per heavy atom. The normalized spacial score (nSPS) is 9.56. The molecule has 0 radical (unpaired) electrons. The van der Waals surface area contributed by atoms with E-state index >= 15 is 0 Å². The molecule has 0 fully saturated rings. The van der Waals surface area contributed by atoms with Crippen LogP contribution in [0.3, 0.4) is 0 Å². The first-order chi connectivity index (χ1) is 7.72. The first kappa shape index (κ1) is 12.2. The molecule has 0 aliphatic rings. The van der Waals surface area contributed by atoms with E-state index in [9.17, 15) is 4.79 Å². The van der Waals surface area contributed by atoms with E-state index in [4.69, 9.17) is 0 Å². The van der Waals surface area contributed by atoms with Crippen LogP contribution < -0.4 is 4.90 Å². The molecule has 0 heterocycles. The van der Waals surface area contributed by atoms with E-state index in [0.717, 1.165) is 17.5 Å². The summed E-state index contributed by atoms with van der Waals surface area (Å²) < 4.78 is 0. The van der Waals surface area contributed by atoms with E-state index in [1.807, 2.05) is 37.3 Å². The highest BCUT2D eigenvalue weighted by molar-refractivity contribution is 5.85. The van der Waals surface area contributed by atoms with Crippen molar-refractivity contribution in [1.82, 2.24) is 0 Å². The Morgan fingerprint density at radius 3 is 2.38 bits per heavy atom. The van der Waals surface area contributed by atoms with Gasteiger partial charge in [-0.15, -0.1) is 13.2 Å². The van der Waals surface area contributed by atoms with Crippen molar-refractivity contribution in [3.63, 3.8) is 0 Å². The lowest BCUT2D eigenvalue weighted by atomic mass is 10.1. The Labute approximate surface area is 96.9 Å². The molecular formula is C14H17NO. The molecule has 1 rings (SSSR count). The second-order valence-electron chi connectivity index (χ2n) is 3.66. The standard InChI is InChI=1S/C14H17NO/c1-4-8-15(9-5-2)14-7-6-12(3)10-13(14)11-16/h4-7,10-11H,1-2,8-9H2,3H3. The maximum Gasteiger partial charge on any atom is 0.152 e. The maximum atomic E-state index is 11.0. The molecule has 0 unspecified atom stereocenters. The first-order valence-corrected chi connectivity index (χ1v) is 5.25. The van der Waals surface area contributed by atoms with Crippen molar-refractivity contribution in [2.45, 2.75) is 6.92 Å². The van der Waals surface area contributed by atoms with Gasteiger partial charge in [0.15, 0.2) is 6.29 Å². The quantitative estimate of drug-likeness (QED) is 0.537. The molecule has 0 aliphatic heterocycles. The van der Waals surface area contributed by atoms with Crippen molar-refractivity contribution in [2.24, 2.45) is 0 Å². The number of hydrogen-bond donors (Lipinski definition) is 0. The fourth-order valence-electron chi connectivity index (χ4n) is 1.64. The summed E-state index contributed by atoms with van der Waals surface area (Å²) in [4.78, 5) is 13.1. The lowest BCUT2D eigenvalue weighted by Crippen LogP contribution is -2.24. The van der Waals surface area contributed by atoms with Crippen LogP contribution in [0.5, 0.6) is 0 Å². The highest BCUT2D eigenvalue weighted by Gasteiger charge is 2.08. The molecule has 1 aromatic carbocycles. The third kappa shape index (κ3) is 2.83. The fourth-order valence-corrected chi connectivity index (χ4v) is 1.64. The van der Waals surface area contributed by atoms with E-state index in [2.05, 4.69) is 18.1 Å². The van der Waals surface area contributed by atoms with Gasteiger partial charge in [0.1, 0.15) is 0 Å². The SMILES string of the molecule is C=CCN(CC=C)c1ccc(C)cc1C=O. The average Bonchev–Trinajstić information content (AvgIpc) is 2.28. The molecule has 2 heteroatoms. The molecule has 0 saturated carbocycles. The van der Waals surface area contributed by atoms with Crippen molar-refractivity contribution in [3.8, 4) is 0 Å². The zero-order chi connectivity index (χ0) is 12.0. The number of carbonyl (C=O) groups excluding carboxylic acids is 1. The molecule has 0 spiro atoms. The monoisotopic (exact) mass is 215 g/mol. The minimum absolute atomic E-state index is 0.704. The van der Waals surface area contributed by atoms with Crippen molar-refractivity contribution >= 4 is 12.0 Å². The van der Waals surface area contributed by atoms with Gasteiger partial charge in [-0.2, -0.15) is 0 Å². The Balaban J connectivity index is 3.11. The van der Waals surface area contributed by atoms with Crippen molar-refractivity contribution < 1.29 is 4.79 Å². The molecule has 16 heavy (non-hydrogen) atoms. The van der Waals surface area contributed by atoms with Gasteiger partial charge in [0, 0.05) is 24.3 Å². The van der Waals surface area contributed by atoms with Crippen LogP contribution in [0.25, 0.3) is 0 Å². The summed E-state index contributed by atoms with van der Waals surface area (Å²) in [5.74, 6) is 0. The average molecular weight is 215 g/mol. The van der Waals surface area contributed by atoms with Crippen LogP contribution in [0.2, 0.25) is 0 Å². The molecule has 0 aliphatic carbocycles. The first-order valence-electron chi connectivity index (χ1n) is 5.25. The van der Waals surface area contributed by atoms with Crippen LogP contribution >= 0.6 is 0 Å². The zero-order valence-corrected chi connectivity index (χ0v) is 9.65. The Kier molecular flexibility index (Phi) is 4.52. The topological polar surface area (TPSA) is 20.3 Å². The Hall–Kier alpha value is -1.83. The molecule has 0 saturated heterocycles. The number of hydrogen-bond acceptors (Lipinski definition) is 2. The van der Waals surface area contributed by atoms with E-state index < -0.39 is 0 Å². The number of carbonyl (C=O) groups is 1. The summed E-state index contributed by atoms with van der Waals surface area (Å²) >= 11 is 0. The van der Waals surface area contributed by atoms with Gasteiger partial charge >= 0.3 is 0 Å². The molecule has 0 aromatic heterocycles. The lowest BCUT2D eigenvalue weighted by Gasteiger charge is -2.23. The third-order valence-electron chi connectivity index (χ3n) is 2.35.